The molecule has 0 aromatic rings. The first-order valence-electron chi connectivity index (χ1n) is 4.22. The van der Waals surface area contributed by atoms with Crippen molar-refractivity contribution in [1.29, 1.82) is 0 Å². The summed E-state index contributed by atoms with van der Waals surface area (Å²) in [6, 6.07) is -0.141. The Morgan fingerprint density at radius 3 is 2.67 bits per heavy atom. The van der Waals surface area contributed by atoms with Crippen molar-refractivity contribution in [2.75, 3.05) is 19.8 Å². The van der Waals surface area contributed by atoms with Crippen molar-refractivity contribution in [3.63, 3.8) is 0 Å². The van der Waals surface area contributed by atoms with Crippen LogP contribution < -0.4 is 5.32 Å². The zero-order valence-corrected chi connectivity index (χ0v) is 7.67. The molecule has 1 amide bonds. The summed E-state index contributed by atoms with van der Waals surface area (Å²) in [7, 11) is 0. The number of ether oxygens (including phenoxy) is 1. The SMILES string of the molecule is CCOCC(=O)N[C@H](CC)CO. The zero-order valence-electron chi connectivity index (χ0n) is 7.67. The van der Waals surface area contributed by atoms with E-state index in [1.807, 2.05) is 13.8 Å². The number of carbonyl (C=O) groups is 1. The summed E-state index contributed by atoms with van der Waals surface area (Å²) in [4.78, 5) is 11.0. The van der Waals surface area contributed by atoms with E-state index in [0.29, 0.717) is 6.61 Å². The summed E-state index contributed by atoms with van der Waals surface area (Å²) in [6.45, 7) is 4.32. The lowest BCUT2D eigenvalue weighted by Crippen LogP contribution is -2.39. The van der Waals surface area contributed by atoms with Gasteiger partial charge in [-0.3, -0.25) is 4.79 Å². The van der Waals surface area contributed by atoms with E-state index in [1.165, 1.54) is 0 Å². The summed E-state index contributed by atoms with van der Waals surface area (Å²) in [5.74, 6) is -0.169. The minimum Gasteiger partial charge on any atom is -0.394 e. The van der Waals surface area contributed by atoms with Gasteiger partial charge in [-0.15, -0.1) is 0 Å². The molecule has 2 N–H and O–H groups in total. The van der Waals surface area contributed by atoms with Crippen LogP contribution in [-0.2, 0) is 9.53 Å². The lowest BCUT2D eigenvalue weighted by Gasteiger charge is -2.13. The topological polar surface area (TPSA) is 58.6 Å². The molecule has 0 bridgehead atoms. The third-order valence-corrected chi connectivity index (χ3v) is 1.52. The Balaban J connectivity index is 3.52. The summed E-state index contributed by atoms with van der Waals surface area (Å²) >= 11 is 0. The average Bonchev–Trinajstić information content (AvgIpc) is 2.10. The lowest BCUT2D eigenvalue weighted by atomic mass is 10.2. The third-order valence-electron chi connectivity index (χ3n) is 1.52. The van der Waals surface area contributed by atoms with Gasteiger partial charge < -0.3 is 15.2 Å². The molecule has 0 aromatic heterocycles. The van der Waals surface area contributed by atoms with Crippen LogP contribution in [0.5, 0.6) is 0 Å². The van der Waals surface area contributed by atoms with Crippen molar-refractivity contribution in [2.45, 2.75) is 26.3 Å². The van der Waals surface area contributed by atoms with E-state index in [4.69, 9.17) is 9.84 Å². The number of aliphatic hydroxyl groups is 1. The summed E-state index contributed by atoms with van der Waals surface area (Å²) in [5.41, 5.74) is 0. The average molecular weight is 175 g/mol. The fraction of sp³-hybridized carbons (Fsp3) is 0.875. The molecule has 0 aromatic carbocycles. The highest BCUT2D eigenvalue weighted by Crippen LogP contribution is 1.88. The number of aliphatic hydroxyl groups excluding tert-OH is 1. The second-order valence-corrected chi connectivity index (χ2v) is 2.49. The van der Waals surface area contributed by atoms with Crippen molar-refractivity contribution >= 4 is 5.91 Å². The largest absolute Gasteiger partial charge is 0.394 e. The van der Waals surface area contributed by atoms with Gasteiger partial charge in [-0.2, -0.15) is 0 Å². The lowest BCUT2D eigenvalue weighted by molar-refractivity contribution is -0.126. The van der Waals surface area contributed by atoms with E-state index in [9.17, 15) is 4.79 Å². The molecule has 0 saturated carbocycles. The Labute approximate surface area is 72.9 Å². The van der Waals surface area contributed by atoms with Crippen LogP contribution in [0.15, 0.2) is 0 Å². The van der Waals surface area contributed by atoms with Crippen LogP contribution in [0.2, 0.25) is 0 Å². The molecule has 4 heteroatoms. The first-order valence-corrected chi connectivity index (χ1v) is 4.22. The maximum Gasteiger partial charge on any atom is 0.246 e. The van der Waals surface area contributed by atoms with Gasteiger partial charge in [0.05, 0.1) is 12.6 Å². The Hall–Kier alpha value is -0.610. The van der Waals surface area contributed by atoms with Gasteiger partial charge in [0.2, 0.25) is 5.91 Å². The van der Waals surface area contributed by atoms with Crippen molar-refractivity contribution in [1.82, 2.24) is 5.32 Å². The molecular formula is C8H17NO3. The van der Waals surface area contributed by atoms with Gasteiger partial charge in [0.15, 0.2) is 0 Å². The fourth-order valence-electron chi connectivity index (χ4n) is 0.741. The van der Waals surface area contributed by atoms with Crippen molar-refractivity contribution in [3.8, 4) is 0 Å². The fourth-order valence-corrected chi connectivity index (χ4v) is 0.741. The highest BCUT2D eigenvalue weighted by atomic mass is 16.5. The zero-order chi connectivity index (χ0) is 9.40. The van der Waals surface area contributed by atoms with Crippen molar-refractivity contribution in [3.05, 3.63) is 0 Å². The number of hydrogen-bond donors (Lipinski definition) is 2. The van der Waals surface area contributed by atoms with Crippen molar-refractivity contribution in [2.24, 2.45) is 0 Å². The van der Waals surface area contributed by atoms with Crippen LogP contribution in [0.4, 0.5) is 0 Å². The van der Waals surface area contributed by atoms with Crippen molar-refractivity contribution < 1.29 is 14.6 Å². The predicted octanol–water partition coefficient (Wildman–Crippen LogP) is -0.0900. The van der Waals surface area contributed by atoms with Crippen LogP contribution in [0.1, 0.15) is 20.3 Å². The van der Waals surface area contributed by atoms with E-state index >= 15 is 0 Å². The molecule has 0 rings (SSSR count). The number of amides is 1. The Morgan fingerprint density at radius 2 is 2.25 bits per heavy atom. The highest BCUT2D eigenvalue weighted by Gasteiger charge is 2.07. The van der Waals surface area contributed by atoms with Crippen LogP contribution in [-0.4, -0.2) is 36.9 Å². The molecule has 0 saturated heterocycles. The molecule has 0 radical (unpaired) electrons. The van der Waals surface area contributed by atoms with E-state index in [-0.39, 0.29) is 25.2 Å². The molecule has 0 spiro atoms. The molecule has 4 nitrogen and oxygen atoms in total. The van der Waals surface area contributed by atoms with Gasteiger partial charge in [-0.25, -0.2) is 0 Å². The molecular weight excluding hydrogens is 158 g/mol. The van der Waals surface area contributed by atoms with E-state index < -0.39 is 0 Å². The second-order valence-electron chi connectivity index (χ2n) is 2.49. The Bertz CT molecular complexity index is 123. The molecule has 72 valence electrons. The minimum atomic E-state index is -0.169. The molecule has 0 heterocycles. The molecule has 12 heavy (non-hydrogen) atoms. The van der Waals surface area contributed by atoms with Crippen LogP contribution >= 0.6 is 0 Å². The van der Waals surface area contributed by atoms with E-state index in [1.54, 1.807) is 0 Å². The van der Waals surface area contributed by atoms with Gasteiger partial charge >= 0.3 is 0 Å². The molecule has 0 aliphatic carbocycles. The quantitative estimate of drug-likeness (QED) is 0.593. The molecule has 0 aliphatic heterocycles. The van der Waals surface area contributed by atoms with Gasteiger partial charge in [0.25, 0.3) is 0 Å². The molecule has 1 atom stereocenters. The Morgan fingerprint density at radius 1 is 1.58 bits per heavy atom. The maximum absolute atomic E-state index is 11.0. The first kappa shape index (κ1) is 11.4. The predicted molar refractivity (Wildman–Crippen MR) is 45.8 cm³/mol. The third kappa shape index (κ3) is 5.09. The number of carbonyl (C=O) groups excluding carboxylic acids is 1. The monoisotopic (exact) mass is 175 g/mol. The van der Waals surface area contributed by atoms with Gasteiger partial charge in [0, 0.05) is 6.61 Å². The smallest absolute Gasteiger partial charge is 0.246 e. The number of nitrogens with one attached hydrogen (secondary N) is 1. The molecule has 0 aliphatic rings. The maximum atomic E-state index is 11.0. The summed E-state index contributed by atoms with van der Waals surface area (Å²) in [6.07, 6.45) is 0.731. The number of hydrogen-bond acceptors (Lipinski definition) is 3. The normalized spacial score (nSPS) is 12.6. The standard InChI is InChI=1S/C8H17NO3/c1-3-7(5-10)9-8(11)6-12-4-2/h7,10H,3-6H2,1-2H3,(H,9,11)/t7-/m1/s1. The van der Waals surface area contributed by atoms with Crippen LogP contribution in [0, 0.1) is 0 Å². The first-order chi connectivity index (χ1) is 5.74. The second kappa shape index (κ2) is 7.06. The highest BCUT2D eigenvalue weighted by molar-refractivity contribution is 5.77. The minimum absolute atomic E-state index is 0.0195. The van der Waals surface area contributed by atoms with E-state index in [0.717, 1.165) is 6.42 Å². The van der Waals surface area contributed by atoms with Gasteiger partial charge in [0.1, 0.15) is 6.61 Å². The number of rotatable bonds is 6. The Kier molecular flexibility index (Phi) is 6.70. The van der Waals surface area contributed by atoms with E-state index in [2.05, 4.69) is 5.32 Å². The molecule has 0 unspecified atom stereocenters. The summed E-state index contributed by atoms with van der Waals surface area (Å²) < 4.78 is 4.89. The van der Waals surface area contributed by atoms with Gasteiger partial charge in [-0.1, -0.05) is 6.92 Å². The van der Waals surface area contributed by atoms with Gasteiger partial charge in [-0.05, 0) is 13.3 Å². The summed E-state index contributed by atoms with van der Waals surface area (Å²) in [5, 5.41) is 11.4. The van der Waals surface area contributed by atoms with Crippen LogP contribution in [0.3, 0.4) is 0 Å². The van der Waals surface area contributed by atoms with Crippen LogP contribution in [0.25, 0.3) is 0 Å². The molecule has 0 fully saturated rings.